The van der Waals surface area contributed by atoms with Crippen LogP contribution in [0.1, 0.15) is 11.4 Å². The smallest absolute Gasteiger partial charge is 0.159 e. The first kappa shape index (κ1) is 9.76. The molecule has 1 heterocycles. The molecule has 0 aliphatic carbocycles. The van der Waals surface area contributed by atoms with Crippen molar-refractivity contribution >= 4 is 0 Å². The molecule has 0 atom stereocenters. The summed E-state index contributed by atoms with van der Waals surface area (Å²) in [4.78, 5) is 3.94. The molecule has 3 nitrogen and oxygen atoms in total. The summed E-state index contributed by atoms with van der Waals surface area (Å²) in [6.07, 6.45) is 1.55. The normalized spacial score (nSPS) is 10.6. The van der Waals surface area contributed by atoms with Crippen LogP contribution in [0.5, 0.6) is 0 Å². The zero-order valence-corrected chi connectivity index (χ0v) is 8.11. The predicted molar refractivity (Wildman–Crippen MR) is 50.2 cm³/mol. The second kappa shape index (κ2) is 3.76. The van der Waals surface area contributed by atoms with Crippen LogP contribution in [0.15, 0.2) is 24.5 Å². The molecule has 0 saturated heterocycles. The van der Waals surface area contributed by atoms with E-state index in [2.05, 4.69) is 10.1 Å². The van der Waals surface area contributed by atoms with E-state index in [-0.39, 0.29) is 0 Å². The second-order valence-electron chi connectivity index (χ2n) is 3.24. The van der Waals surface area contributed by atoms with E-state index in [1.165, 1.54) is 6.07 Å². The summed E-state index contributed by atoms with van der Waals surface area (Å²) < 4.78 is 27.1. The van der Waals surface area contributed by atoms with Gasteiger partial charge in [-0.25, -0.2) is 18.4 Å². The average Bonchev–Trinajstić information content (AvgIpc) is 2.58. The largest absolute Gasteiger partial charge is 0.248 e. The summed E-state index contributed by atoms with van der Waals surface area (Å²) in [5.74, 6) is -1.03. The Balaban J connectivity index is 2.21. The summed E-state index contributed by atoms with van der Waals surface area (Å²) in [7, 11) is 0. The van der Waals surface area contributed by atoms with E-state index in [0.717, 1.165) is 12.1 Å². The van der Waals surface area contributed by atoms with Crippen molar-refractivity contribution in [1.29, 1.82) is 0 Å². The summed E-state index contributed by atoms with van der Waals surface area (Å²) in [5.41, 5.74) is 0.652. The van der Waals surface area contributed by atoms with E-state index in [1.54, 1.807) is 17.9 Å². The van der Waals surface area contributed by atoms with Crippen molar-refractivity contribution in [2.75, 3.05) is 0 Å². The van der Waals surface area contributed by atoms with Crippen LogP contribution in [0.4, 0.5) is 8.78 Å². The van der Waals surface area contributed by atoms with E-state index in [0.29, 0.717) is 17.9 Å². The minimum atomic E-state index is -0.843. The standard InChI is InChI=1S/C10H9F2N3/c1-7-13-6-15(14-7)5-8-2-3-9(11)10(12)4-8/h2-4,6H,5H2,1H3. The van der Waals surface area contributed by atoms with Gasteiger partial charge in [-0.05, 0) is 24.6 Å². The van der Waals surface area contributed by atoms with Gasteiger partial charge in [-0.2, -0.15) is 5.10 Å². The molecular weight excluding hydrogens is 200 g/mol. The lowest BCUT2D eigenvalue weighted by atomic mass is 10.2. The van der Waals surface area contributed by atoms with Crippen LogP contribution < -0.4 is 0 Å². The van der Waals surface area contributed by atoms with E-state index >= 15 is 0 Å². The Hall–Kier alpha value is -1.78. The van der Waals surface area contributed by atoms with Gasteiger partial charge in [0, 0.05) is 0 Å². The molecule has 78 valence electrons. The fourth-order valence-corrected chi connectivity index (χ4v) is 1.29. The Labute approximate surface area is 85.4 Å². The van der Waals surface area contributed by atoms with Crippen LogP contribution in [0.3, 0.4) is 0 Å². The van der Waals surface area contributed by atoms with Crippen molar-refractivity contribution in [1.82, 2.24) is 14.8 Å². The van der Waals surface area contributed by atoms with Gasteiger partial charge in [-0.1, -0.05) is 6.07 Å². The van der Waals surface area contributed by atoms with E-state index in [1.807, 2.05) is 0 Å². The summed E-state index contributed by atoms with van der Waals surface area (Å²) in [5, 5.41) is 4.05. The highest BCUT2D eigenvalue weighted by molar-refractivity contribution is 5.17. The molecule has 0 fully saturated rings. The lowest BCUT2D eigenvalue weighted by molar-refractivity contribution is 0.505. The first-order chi connectivity index (χ1) is 7.15. The molecule has 0 saturated carbocycles. The number of rotatable bonds is 2. The van der Waals surface area contributed by atoms with Crippen molar-refractivity contribution < 1.29 is 8.78 Å². The number of nitrogens with zero attached hydrogens (tertiary/aromatic N) is 3. The van der Waals surface area contributed by atoms with Gasteiger partial charge in [0.05, 0.1) is 6.54 Å². The number of halogens is 2. The number of aryl methyl sites for hydroxylation is 1. The van der Waals surface area contributed by atoms with Crippen molar-refractivity contribution in [3.05, 3.63) is 47.5 Å². The quantitative estimate of drug-likeness (QED) is 0.756. The van der Waals surface area contributed by atoms with Crippen LogP contribution in [0.25, 0.3) is 0 Å². The molecule has 2 rings (SSSR count). The van der Waals surface area contributed by atoms with Gasteiger partial charge in [0.15, 0.2) is 11.6 Å². The van der Waals surface area contributed by atoms with E-state index in [9.17, 15) is 8.78 Å². The highest BCUT2D eigenvalue weighted by Gasteiger charge is 2.03. The minimum Gasteiger partial charge on any atom is -0.248 e. The molecule has 0 bridgehead atoms. The third-order valence-corrected chi connectivity index (χ3v) is 1.98. The Bertz CT molecular complexity index is 479. The number of aromatic nitrogens is 3. The van der Waals surface area contributed by atoms with Crippen LogP contribution in [-0.4, -0.2) is 14.8 Å². The molecule has 0 spiro atoms. The zero-order chi connectivity index (χ0) is 10.8. The maximum absolute atomic E-state index is 12.9. The van der Waals surface area contributed by atoms with Crippen molar-refractivity contribution in [3.8, 4) is 0 Å². The van der Waals surface area contributed by atoms with Crippen LogP contribution in [0, 0.1) is 18.6 Å². The van der Waals surface area contributed by atoms with Gasteiger partial charge < -0.3 is 0 Å². The molecule has 0 aliphatic heterocycles. The molecule has 0 unspecified atom stereocenters. The average molecular weight is 209 g/mol. The van der Waals surface area contributed by atoms with Gasteiger partial charge in [0.1, 0.15) is 12.2 Å². The topological polar surface area (TPSA) is 30.7 Å². The molecular formula is C10H9F2N3. The number of hydrogen-bond acceptors (Lipinski definition) is 2. The molecule has 0 aliphatic rings. The summed E-state index contributed by atoms with van der Waals surface area (Å²) in [6, 6.07) is 3.79. The first-order valence-electron chi connectivity index (χ1n) is 4.45. The zero-order valence-electron chi connectivity index (χ0n) is 8.11. The highest BCUT2D eigenvalue weighted by atomic mass is 19.2. The Morgan fingerprint density at radius 2 is 2.07 bits per heavy atom. The monoisotopic (exact) mass is 209 g/mol. The lowest BCUT2D eigenvalue weighted by Gasteiger charge is -2.01. The van der Waals surface area contributed by atoms with Crippen LogP contribution in [-0.2, 0) is 6.54 Å². The third-order valence-electron chi connectivity index (χ3n) is 1.98. The molecule has 0 N–H and O–H groups in total. The number of benzene rings is 1. The summed E-state index contributed by atoms with van der Waals surface area (Å²) >= 11 is 0. The minimum absolute atomic E-state index is 0.387. The molecule has 5 heteroatoms. The molecule has 1 aromatic carbocycles. The molecule has 0 radical (unpaired) electrons. The summed E-state index contributed by atoms with van der Waals surface area (Å²) in [6.45, 7) is 2.15. The first-order valence-corrected chi connectivity index (χ1v) is 4.45. The van der Waals surface area contributed by atoms with Crippen LogP contribution >= 0.6 is 0 Å². The van der Waals surface area contributed by atoms with Gasteiger partial charge in [-0.3, -0.25) is 0 Å². The Morgan fingerprint density at radius 3 is 2.67 bits per heavy atom. The maximum atomic E-state index is 12.9. The van der Waals surface area contributed by atoms with Gasteiger partial charge in [0.25, 0.3) is 0 Å². The SMILES string of the molecule is Cc1ncn(Cc2ccc(F)c(F)c2)n1. The molecule has 0 amide bonds. The maximum Gasteiger partial charge on any atom is 0.159 e. The molecule has 2 aromatic rings. The van der Waals surface area contributed by atoms with Crippen molar-refractivity contribution in [2.24, 2.45) is 0 Å². The third kappa shape index (κ3) is 2.18. The Kier molecular flexibility index (Phi) is 2.45. The van der Waals surface area contributed by atoms with Crippen molar-refractivity contribution in [2.45, 2.75) is 13.5 Å². The Morgan fingerprint density at radius 1 is 1.27 bits per heavy atom. The van der Waals surface area contributed by atoms with Gasteiger partial charge in [0.2, 0.25) is 0 Å². The fraction of sp³-hybridized carbons (Fsp3) is 0.200. The second-order valence-corrected chi connectivity index (χ2v) is 3.24. The van der Waals surface area contributed by atoms with Gasteiger partial charge in [-0.15, -0.1) is 0 Å². The predicted octanol–water partition coefficient (Wildman–Crippen LogP) is 1.91. The van der Waals surface area contributed by atoms with E-state index in [4.69, 9.17) is 0 Å². The van der Waals surface area contributed by atoms with Crippen molar-refractivity contribution in [3.63, 3.8) is 0 Å². The lowest BCUT2D eigenvalue weighted by Crippen LogP contribution is -2.01. The molecule has 15 heavy (non-hydrogen) atoms. The highest BCUT2D eigenvalue weighted by Crippen LogP contribution is 2.09. The van der Waals surface area contributed by atoms with Gasteiger partial charge >= 0.3 is 0 Å². The number of hydrogen-bond donors (Lipinski definition) is 0. The van der Waals surface area contributed by atoms with Crippen LogP contribution in [0.2, 0.25) is 0 Å². The van der Waals surface area contributed by atoms with E-state index < -0.39 is 11.6 Å². The molecule has 1 aromatic heterocycles. The fourth-order valence-electron chi connectivity index (χ4n) is 1.29.